The van der Waals surface area contributed by atoms with E-state index in [-0.39, 0.29) is 24.4 Å². The van der Waals surface area contributed by atoms with Gasteiger partial charge in [0.15, 0.2) is 0 Å². The molecular weight excluding hydrogens is 394 g/mol. The third-order valence-electron chi connectivity index (χ3n) is 5.51. The molecule has 2 aromatic carbocycles. The van der Waals surface area contributed by atoms with Crippen molar-refractivity contribution in [3.05, 3.63) is 83.9 Å². The first-order chi connectivity index (χ1) is 15.1. The van der Waals surface area contributed by atoms with Gasteiger partial charge in [-0.2, -0.15) is 5.06 Å². The second-order valence-electron chi connectivity index (χ2n) is 7.68. The molecule has 1 fully saturated rings. The van der Waals surface area contributed by atoms with Crippen molar-refractivity contribution in [1.29, 1.82) is 0 Å². The average molecular weight is 426 g/mol. The molecule has 0 radical (unpaired) electrons. The third kappa shape index (κ3) is 6.48. The molecule has 0 saturated carbocycles. The molecule has 0 aliphatic carbocycles. The maximum absolute atomic E-state index is 12.0. The van der Waals surface area contributed by atoms with Crippen molar-refractivity contribution in [3.63, 3.8) is 0 Å². The van der Waals surface area contributed by atoms with Gasteiger partial charge in [-0.15, -0.1) is 0 Å². The Morgan fingerprint density at radius 1 is 1.06 bits per heavy atom. The van der Waals surface area contributed by atoms with Gasteiger partial charge in [0.25, 0.3) is 0 Å². The Morgan fingerprint density at radius 2 is 1.65 bits per heavy atom. The van der Waals surface area contributed by atoms with E-state index >= 15 is 0 Å². The molecule has 1 aliphatic heterocycles. The topological polar surface area (TPSA) is 68.2 Å². The fourth-order valence-electron chi connectivity index (χ4n) is 3.99. The van der Waals surface area contributed by atoms with Crippen LogP contribution in [-0.4, -0.2) is 48.1 Å². The molecule has 0 unspecified atom stereocenters. The largest absolute Gasteiger partial charge is 0.469 e. The van der Waals surface area contributed by atoms with E-state index in [0.29, 0.717) is 19.8 Å². The molecule has 31 heavy (non-hydrogen) atoms. The zero-order valence-corrected chi connectivity index (χ0v) is 18.1. The SMILES string of the molecule is C/C=C/[C@@H](CC(=O)OC)[C@H]1[C@H](OCc2ccccc2)[C@@H](OCc2ccccc2)CN1O. The minimum Gasteiger partial charge on any atom is -0.469 e. The number of hydroxylamine groups is 2. The summed E-state index contributed by atoms with van der Waals surface area (Å²) in [5, 5.41) is 12.0. The van der Waals surface area contributed by atoms with E-state index in [9.17, 15) is 10.0 Å². The lowest BCUT2D eigenvalue weighted by Crippen LogP contribution is -2.43. The third-order valence-corrected chi connectivity index (χ3v) is 5.51. The number of methoxy groups -OCH3 is 1. The molecule has 1 N–H and O–H groups in total. The summed E-state index contributed by atoms with van der Waals surface area (Å²) < 4.78 is 17.4. The van der Waals surface area contributed by atoms with Crippen LogP contribution in [0, 0.1) is 5.92 Å². The first kappa shape index (κ1) is 23.2. The van der Waals surface area contributed by atoms with Crippen LogP contribution in [0.15, 0.2) is 72.8 Å². The smallest absolute Gasteiger partial charge is 0.306 e. The van der Waals surface area contributed by atoms with Crippen LogP contribution in [0.5, 0.6) is 0 Å². The summed E-state index contributed by atoms with van der Waals surface area (Å²) in [6.07, 6.45) is 3.19. The van der Waals surface area contributed by atoms with Gasteiger partial charge in [-0.05, 0) is 18.1 Å². The van der Waals surface area contributed by atoms with Gasteiger partial charge in [0.05, 0.1) is 39.3 Å². The molecule has 166 valence electrons. The highest BCUT2D eigenvalue weighted by atomic mass is 16.6. The van der Waals surface area contributed by atoms with Crippen LogP contribution >= 0.6 is 0 Å². The van der Waals surface area contributed by atoms with Gasteiger partial charge < -0.3 is 19.4 Å². The lowest BCUT2D eigenvalue weighted by atomic mass is 9.91. The predicted octanol–water partition coefficient (Wildman–Crippen LogP) is 3.99. The normalized spacial score (nSPS) is 22.6. The van der Waals surface area contributed by atoms with Gasteiger partial charge >= 0.3 is 5.97 Å². The van der Waals surface area contributed by atoms with Crippen LogP contribution in [0.3, 0.4) is 0 Å². The Labute approximate surface area is 184 Å². The van der Waals surface area contributed by atoms with Gasteiger partial charge in [-0.1, -0.05) is 72.8 Å². The van der Waals surface area contributed by atoms with Crippen molar-refractivity contribution >= 4 is 5.97 Å². The molecule has 6 nitrogen and oxygen atoms in total. The van der Waals surface area contributed by atoms with E-state index in [1.165, 1.54) is 12.2 Å². The minimum absolute atomic E-state index is 0.152. The Kier molecular flexibility index (Phi) is 8.79. The average Bonchev–Trinajstić information content (AvgIpc) is 3.12. The van der Waals surface area contributed by atoms with Gasteiger partial charge in [-0.25, -0.2) is 0 Å². The minimum atomic E-state index is -0.431. The lowest BCUT2D eigenvalue weighted by Gasteiger charge is -2.30. The molecule has 1 aliphatic rings. The Bertz CT molecular complexity index is 826. The highest BCUT2D eigenvalue weighted by molar-refractivity contribution is 5.69. The molecule has 2 aromatic rings. The summed E-state index contributed by atoms with van der Waals surface area (Å²) in [7, 11) is 1.37. The molecular formula is C25H31NO5. The van der Waals surface area contributed by atoms with Crippen LogP contribution in [0.25, 0.3) is 0 Å². The number of esters is 1. The number of carbonyl (C=O) groups excluding carboxylic acids is 1. The van der Waals surface area contributed by atoms with Gasteiger partial charge in [0.2, 0.25) is 0 Å². The lowest BCUT2D eigenvalue weighted by molar-refractivity contribution is -0.150. The van der Waals surface area contributed by atoms with Crippen molar-refractivity contribution < 1.29 is 24.2 Å². The molecule has 3 rings (SSSR count). The number of hydrogen-bond donors (Lipinski definition) is 1. The Hall–Kier alpha value is -2.51. The molecule has 0 spiro atoms. The van der Waals surface area contributed by atoms with E-state index in [1.54, 1.807) is 0 Å². The van der Waals surface area contributed by atoms with Gasteiger partial charge in [0.1, 0.15) is 12.2 Å². The molecule has 6 heteroatoms. The fourth-order valence-corrected chi connectivity index (χ4v) is 3.99. The summed E-state index contributed by atoms with van der Waals surface area (Å²) in [5.41, 5.74) is 2.09. The number of carbonyl (C=O) groups is 1. The van der Waals surface area contributed by atoms with Crippen molar-refractivity contribution in [2.75, 3.05) is 13.7 Å². The molecule has 0 amide bonds. The van der Waals surface area contributed by atoms with Crippen LogP contribution in [0.2, 0.25) is 0 Å². The van der Waals surface area contributed by atoms with Crippen molar-refractivity contribution in [1.82, 2.24) is 5.06 Å². The summed E-state index contributed by atoms with van der Waals surface area (Å²) in [6, 6.07) is 19.4. The van der Waals surface area contributed by atoms with E-state index in [0.717, 1.165) is 11.1 Å². The number of allylic oxidation sites excluding steroid dienone is 1. The molecule has 1 saturated heterocycles. The number of nitrogens with zero attached hydrogens (tertiary/aromatic N) is 1. The number of hydrogen-bond acceptors (Lipinski definition) is 6. The maximum atomic E-state index is 12.0. The molecule has 0 bridgehead atoms. The van der Waals surface area contributed by atoms with Crippen LogP contribution in [-0.2, 0) is 32.2 Å². The van der Waals surface area contributed by atoms with Crippen molar-refractivity contribution in [2.24, 2.45) is 5.92 Å². The second kappa shape index (κ2) is 11.8. The van der Waals surface area contributed by atoms with Crippen LogP contribution in [0.1, 0.15) is 24.5 Å². The quantitative estimate of drug-likeness (QED) is 0.459. The number of ether oxygens (including phenoxy) is 3. The van der Waals surface area contributed by atoms with Gasteiger partial charge in [-0.3, -0.25) is 4.79 Å². The summed E-state index contributed by atoms with van der Waals surface area (Å²) >= 11 is 0. The molecule has 1 heterocycles. The fraction of sp³-hybridized carbons (Fsp3) is 0.400. The van der Waals surface area contributed by atoms with E-state index in [1.807, 2.05) is 79.7 Å². The summed E-state index contributed by atoms with van der Waals surface area (Å²) in [6.45, 7) is 3.00. The Balaban J connectivity index is 1.78. The van der Waals surface area contributed by atoms with E-state index in [2.05, 4.69) is 0 Å². The second-order valence-corrected chi connectivity index (χ2v) is 7.68. The van der Waals surface area contributed by atoms with E-state index in [4.69, 9.17) is 14.2 Å². The standard InChI is InChI=1S/C25H31NO5/c1-3-10-21(15-23(27)29-2)24-25(31-18-20-13-8-5-9-14-20)22(16-26(24)28)30-17-19-11-6-4-7-12-19/h3-14,21-22,24-25,28H,15-18H2,1-2H3/b10-3+/t21-,22-,24-,25+/m0/s1. The van der Waals surface area contributed by atoms with E-state index < -0.39 is 12.1 Å². The summed E-state index contributed by atoms with van der Waals surface area (Å²) in [5.74, 6) is -0.597. The Morgan fingerprint density at radius 3 is 2.19 bits per heavy atom. The number of benzene rings is 2. The first-order valence-corrected chi connectivity index (χ1v) is 10.6. The molecule has 0 aromatic heterocycles. The molecule has 4 atom stereocenters. The first-order valence-electron chi connectivity index (χ1n) is 10.6. The summed E-state index contributed by atoms with van der Waals surface area (Å²) in [4.78, 5) is 12.0. The maximum Gasteiger partial charge on any atom is 0.306 e. The highest BCUT2D eigenvalue weighted by Crippen LogP contribution is 2.32. The van der Waals surface area contributed by atoms with Gasteiger partial charge in [0, 0.05) is 5.92 Å². The van der Waals surface area contributed by atoms with Crippen molar-refractivity contribution in [3.8, 4) is 0 Å². The zero-order chi connectivity index (χ0) is 22.1. The monoisotopic (exact) mass is 425 g/mol. The highest BCUT2D eigenvalue weighted by Gasteiger charge is 2.46. The number of rotatable bonds is 10. The zero-order valence-electron chi connectivity index (χ0n) is 18.1. The van der Waals surface area contributed by atoms with Crippen LogP contribution < -0.4 is 0 Å². The predicted molar refractivity (Wildman–Crippen MR) is 117 cm³/mol. The van der Waals surface area contributed by atoms with Crippen LogP contribution in [0.4, 0.5) is 0 Å². The van der Waals surface area contributed by atoms with Crippen molar-refractivity contribution in [2.45, 2.75) is 44.8 Å².